The Bertz CT molecular complexity index is 315. The highest BCUT2D eigenvalue weighted by atomic mass is 16.5. The summed E-state index contributed by atoms with van der Waals surface area (Å²) in [4.78, 5) is 35.0. The summed E-state index contributed by atoms with van der Waals surface area (Å²) >= 11 is 0. The molecule has 0 aromatic heterocycles. The number of hydrogen-bond donors (Lipinski definition) is 1. The van der Waals surface area contributed by atoms with Crippen LogP contribution in [0.2, 0.25) is 0 Å². The van der Waals surface area contributed by atoms with E-state index in [-0.39, 0.29) is 25.4 Å². The first kappa shape index (κ1) is 13.5. The predicted molar refractivity (Wildman–Crippen MR) is 58.2 cm³/mol. The molecular formula is C11H17NO5. The van der Waals surface area contributed by atoms with Gasteiger partial charge in [0, 0.05) is 13.0 Å². The van der Waals surface area contributed by atoms with Crippen molar-refractivity contribution in [2.24, 2.45) is 0 Å². The monoisotopic (exact) mass is 243 g/mol. The molecule has 1 fully saturated rings. The second kappa shape index (κ2) is 6.22. The number of aliphatic carboxylic acids is 1. The normalized spacial score (nSPS) is 19.1. The molecule has 1 heterocycles. The maximum absolute atomic E-state index is 11.7. The fourth-order valence-corrected chi connectivity index (χ4v) is 1.91. The Kier molecular flexibility index (Phi) is 4.93. The van der Waals surface area contributed by atoms with E-state index in [4.69, 9.17) is 9.84 Å². The minimum atomic E-state index is -0.980. The SMILES string of the molecule is CCOC(=O)CCC(=O)N1CCC[C@H]1C(=O)O. The van der Waals surface area contributed by atoms with Gasteiger partial charge in [0.05, 0.1) is 13.0 Å². The number of rotatable bonds is 5. The van der Waals surface area contributed by atoms with E-state index in [9.17, 15) is 14.4 Å². The molecule has 0 spiro atoms. The fourth-order valence-electron chi connectivity index (χ4n) is 1.91. The molecule has 1 aliphatic heterocycles. The average molecular weight is 243 g/mol. The van der Waals surface area contributed by atoms with Gasteiger partial charge in [0.2, 0.25) is 5.91 Å². The number of likely N-dealkylation sites (tertiary alicyclic amines) is 1. The van der Waals surface area contributed by atoms with Crippen molar-refractivity contribution in [3.8, 4) is 0 Å². The molecule has 1 N–H and O–H groups in total. The van der Waals surface area contributed by atoms with E-state index in [0.717, 1.165) is 0 Å². The van der Waals surface area contributed by atoms with Gasteiger partial charge in [0.15, 0.2) is 0 Å². The highest BCUT2D eigenvalue weighted by molar-refractivity contribution is 5.86. The zero-order valence-corrected chi connectivity index (χ0v) is 9.85. The lowest BCUT2D eigenvalue weighted by Crippen LogP contribution is -2.40. The van der Waals surface area contributed by atoms with Crippen LogP contribution in [0.1, 0.15) is 32.6 Å². The summed E-state index contributed by atoms with van der Waals surface area (Å²) in [6.07, 6.45) is 1.21. The number of carboxylic acids is 1. The molecule has 6 heteroatoms. The Morgan fingerprint density at radius 3 is 2.65 bits per heavy atom. The van der Waals surface area contributed by atoms with Crippen LogP contribution in [0.3, 0.4) is 0 Å². The topological polar surface area (TPSA) is 83.9 Å². The molecule has 6 nitrogen and oxygen atoms in total. The number of carbonyl (C=O) groups is 3. The van der Waals surface area contributed by atoms with Gasteiger partial charge in [-0.3, -0.25) is 9.59 Å². The molecule has 1 amide bonds. The average Bonchev–Trinajstić information content (AvgIpc) is 2.75. The van der Waals surface area contributed by atoms with E-state index in [1.54, 1.807) is 6.92 Å². The number of nitrogens with zero attached hydrogens (tertiary/aromatic N) is 1. The van der Waals surface area contributed by atoms with Gasteiger partial charge in [-0.05, 0) is 19.8 Å². The smallest absolute Gasteiger partial charge is 0.326 e. The van der Waals surface area contributed by atoms with E-state index in [0.29, 0.717) is 19.4 Å². The largest absolute Gasteiger partial charge is 0.480 e. The Hall–Kier alpha value is -1.59. The van der Waals surface area contributed by atoms with Gasteiger partial charge < -0.3 is 14.7 Å². The van der Waals surface area contributed by atoms with Gasteiger partial charge in [-0.1, -0.05) is 0 Å². The maximum Gasteiger partial charge on any atom is 0.326 e. The van der Waals surface area contributed by atoms with Crippen LogP contribution in [0.5, 0.6) is 0 Å². The van der Waals surface area contributed by atoms with Crippen molar-refractivity contribution in [1.29, 1.82) is 0 Å². The molecule has 1 atom stereocenters. The van der Waals surface area contributed by atoms with E-state index in [2.05, 4.69) is 0 Å². The van der Waals surface area contributed by atoms with Gasteiger partial charge >= 0.3 is 11.9 Å². The molecular weight excluding hydrogens is 226 g/mol. The Labute approximate surface area is 99.5 Å². The first-order chi connectivity index (χ1) is 8.06. The van der Waals surface area contributed by atoms with Crippen LogP contribution in [0.15, 0.2) is 0 Å². The summed E-state index contributed by atoms with van der Waals surface area (Å²) in [6, 6.07) is -0.732. The molecule has 0 aliphatic carbocycles. The first-order valence-corrected chi connectivity index (χ1v) is 5.74. The number of carbonyl (C=O) groups excluding carboxylic acids is 2. The van der Waals surface area contributed by atoms with Gasteiger partial charge in [-0.25, -0.2) is 4.79 Å². The van der Waals surface area contributed by atoms with Gasteiger partial charge in [0.1, 0.15) is 6.04 Å². The highest BCUT2D eigenvalue weighted by Gasteiger charge is 2.33. The van der Waals surface area contributed by atoms with Crippen LogP contribution in [0.4, 0.5) is 0 Å². The van der Waals surface area contributed by atoms with Crippen LogP contribution in [0.25, 0.3) is 0 Å². The number of amides is 1. The summed E-state index contributed by atoms with van der Waals surface area (Å²) < 4.78 is 4.70. The summed E-state index contributed by atoms with van der Waals surface area (Å²) in [5.74, 6) is -1.69. The second-order valence-corrected chi connectivity index (χ2v) is 3.89. The van der Waals surface area contributed by atoms with Crippen molar-refractivity contribution in [3.63, 3.8) is 0 Å². The minimum absolute atomic E-state index is 0.00944. The van der Waals surface area contributed by atoms with Crippen molar-refractivity contribution in [2.75, 3.05) is 13.2 Å². The van der Waals surface area contributed by atoms with Crippen LogP contribution >= 0.6 is 0 Å². The van der Waals surface area contributed by atoms with E-state index in [1.807, 2.05) is 0 Å². The molecule has 0 aromatic rings. The number of hydrogen-bond acceptors (Lipinski definition) is 4. The lowest BCUT2D eigenvalue weighted by Gasteiger charge is -2.21. The van der Waals surface area contributed by atoms with E-state index >= 15 is 0 Å². The van der Waals surface area contributed by atoms with E-state index in [1.165, 1.54) is 4.90 Å². The third-order valence-corrected chi connectivity index (χ3v) is 2.71. The number of esters is 1. The van der Waals surface area contributed by atoms with Crippen molar-refractivity contribution >= 4 is 17.8 Å². The van der Waals surface area contributed by atoms with E-state index < -0.39 is 18.0 Å². The summed E-state index contributed by atoms with van der Waals surface area (Å²) in [5.41, 5.74) is 0. The third kappa shape index (κ3) is 3.72. The van der Waals surface area contributed by atoms with Crippen molar-refractivity contribution in [1.82, 2.24) is 4.90 Å². The fraction of sp³-hybridized carbons (Fsp3) is 0.727. The molecule has 0 radical (unpaired) electrons. The summed E-state index contributed by atoms with van der Waals surface area (Å²) in [6.45, 7) is 2.44. The van der Waals surface area contributed by atoms with Crippen LogP contribution in [-0.4, -0.2) is 47.0 Å². The molecule has 1 rings (SSSR count). The lowest BCUT2D eigenvalue weighted by molar-refractivity contribution is -0.149. The van der Waals surface area contributed by atoms with Crippen LogP contribution < -0.4 is 0 Å². The van der Waals surface area contributed by atoms with Crippen LogP contribution in [-0.2, 0) is 19.1 Å². The second-order valence-electron chi connectivity index (χ2n) is 3.89. The Balaban J connectivity index is 2.42. The highest BCUT2D eigenvalue weighted by Crippen LogP contribution is 2.18. The van der Waals surface area contributed by atoms with Crippen molar-refractivity contribution in [2.45, 2.75) is 38.6 Å². The van der Waals surface area contributed by atoms with Gasteiger partial charge in [-0.15, -0.1) is 0 Å². The molecule has 96 valence electrons. The first-order valence-electron chi connectivity index (χ1n) is 5.74. The molecule has 0 aromatic carbocycles. The van der Waals surface area contributed by atoms with Crippen molar-refractivity contribution in [3.05, 3.63) is 0 Å². The quantitative estimate of drug-likeness (QED) is 0.707. The molecule has 0 unspecified atom stereocenters. The Morgan fingerprint density at radius 2 is 2.06 bits per heavy atom. The molecule has 0 bridgehead atoms. The minimum Gasteiger partial charge on any atom is -0.480 e. The summed E-state index contributed by atoms with van der Waals surface area (Å²) in [5, 5.41) is 8.91. The summed E-state index contributed by atoms with van der Waals surface area (Å²) in [7, 11) is 0. The molecule has 1 aliphatic rings. The molecule has 17 heavy (non-hydrogen) atoms. The third-order valence-electron chi connectivity index (χ3n) is 2.71. The standard InChI is InChI=1S/C11H17NO5/c1-2-17-10(14)6-5-9(13)12-7-3-4-8(12)11(15)16/h8H,2-7H2,1H3,(H,15,16)/t8-/m0/s1. The van der Waals surface area contributed by atoms with Gasteiger partial charge in [0.25, 0.3) is 0 Å². The lowest BCUT2D eigenvalue weighted by atomic mass is 10.2. The zero-order chi connectivity index (χ0) is 12.8. The maximum atomic E-state index is 11.7. The molecule has 1 saturated heterocycles. The molecule has 0 saturated carbocycles. The zero-order valence-electron chi connectivity index (χ0n) is 9.85. The predicted octanol–water partition coefficient (Wildman–Crippen LogP) is 0.405. The number of ether oxygens (including phenoxy) is 1. The Morgan fingerprint density at radius 1 is 1.35 bits per heavy atom. The van der Waals surface area contributed by atoms with Gasteiger partial charge in [-0.2, -0.15) is 0 Å². The van der Waals surface area contributed by atoms with Crippen LogP contribution in [0, 0.1) is 0 Å². The number of carboxylic acid groups (broad SMARTS) is 1. The van der Waals surface area contributed by atoms with Crippen molar-refractivity contribution < 1.29 is 24.2 Å².